The lowest BCUT2D eigenvalue weighted by molar-refractivity contribution is 0.0680. The average molecular weight is 285 g/mol. The molecule has 0 spiro atoms. The number of ether oxygens (including phenoxy) is 1. The number of likely N-dealkylation sites (tertiary alicyclic amines) is 1. The molecular weight excluding hydrogens is 264 g/mol. The molecule has 1 heterocycles. The van der Waals surface area contributed by atoms with Crippen LogP contribution in [0.2, 0.25) is 0 Å². The van der Waals surface area contributed by atoms with E-state index < -0.39 is 0 Å². The maximum absolute atomic E-state index is 12.0. The Balaban J connectivity index is 0.00000180. The third-order valence-electron chi connectivity index (χ3n) is 3.36. The number of carbonyl (C=O) groups is 1. The molecule has 2 atom stereocenters. The van der Waals surface area contributed by atoms with E-state index in [0.29, 0.717) is 13.2 Å². The van der Waals surface area contributed by atoms with Gasteiger partial charge in [-0.25, -0.2) is 4.79 Å². The largest absolute Gasteiger partial charge is 0.445 e. The van der Waals surface area contributed by atoms with Crippen LogP contribution in [0.4, 0.5) is 4.79 Å². The highest BCUT2D eigenvalue weighted by molar-refractivity contribution is 5.85. The molecule has 0 aromatic heterocycles. The third kappa shape index (κ3) is 4.40. The summed E-state index contributed by atoms with van der Waals surface area (Å²) < 4.78 is 5.32. The fraction of sp³-hybridized carbons (Fsp3) is 0.500. The summed E-state index contributed by atoms with van der Waals surface area (Å²) in [7, 11) is 0. The van der Waals surface area contributed by atoms with Crippen LogP contribution < -0.4 is 5.73 Å². The SMILES string of the molecule is C[C@@H]1CC[C@@H](N)CN1C(=O)OCc1ccccc1.Cl. The Labute approximate surface area is 120 Å². The van der Waals surface area contributed by atoms with E-state index in [9.17, 15) is 4.79 Å². The number of carbonyl (C=O) groups excluding carboxylic acids is 1. The van der Waals surface area contributed by atoms with Gasteiger partial charge in [0, 0.05) is 18.6 Å². The lowest BCUT2D eigenvalue weighted by Crippen LogP contribution is -2.50. The molecule has 4 nitrogen and oxygen atoms in total. The Morgan fingerprint density at radius 2 is 2.05 bits per heavy atom. The van der Waals surface area contributed by atoms with E-state index in [1.165, 1.54) is 0 Å². The summed E-state index contributed by atoms with van der Waals surface area (Å²) in [5.74, 6) is 0. The zero-order chi connectivity index (χ0) is 13.0. The number of amides is 1. The van der Waals surface area contributed by atoms with E-state index in [0.717, 1.165) is 18.4 Å². The van der Waals surface area contributed by atoms with Crippen molar-refractivity contribution in [3.05, 3.63) is 35.9 Å². The van der Waals surface area contributed by atoms with E-state index in [2.05, 4.69) is 0 Å². The molecule has 1 aromatic carbocycles. The zero-order valence-electron chi connectivity index (χ0n) is 11.1. The molecule has 5 heteroatoms. The highest BCUT2D eigenvalue weighted by Crippen LogP contribution is 2.17. The molecule has 0 saturated carbocycles. The van der Waals surface area contributed by atoms with Crippen LogP contribution in [0, 0.1) is 0 Å². The van der Waals surface area contributed by atoms with E-state index in [-0.39, 0.29) is 30.6 Å². The minimum Gasteiger partial charge on any atom is -0.445 e. The van der Waals surface area contributed by atoms with Gasteiger partial charge in [0.25, 0.3) is 0 Å². The fourth-order valence-corrected chi connectivity index (χ4v) is 2.19. The molecule has 1 aliphatic rings. The normalized spacial score (nSPS) is 22.5. The molecule has 1 aliphatic heterocycles. The fourth-order valence-electron chi connectivity index (χ4n) is 2.19. The summed E-state index contributed by atoms with van der Waals surface area (Å²) in [5.41, 5.74) is 6.88. The van der Waals surface area contributed by atoms with Gasteiger partial charge in [-0.2, -0.15) is 0 Å². The van der Waals surface area contributed by atoms with Gasteiger partial charge in [-0.1, -0.05) is 30.3 Å². The predicted octanol–water partition coefficient (Wildman–Crippen LogP) is 2.56. The van der Waals surface area contributed by atoms with Crippen LogP contribution in [0.3, 0.4) is 0 Å². The Morgan fingerprint density at radius 3 is 2.74 bits per heavy atom. The molecule has 1 saturated heterocycles. The number of hydrogen-bond donors (Lipinski definition) is 1. The van der Waals surface area contributed by atoms with Crippen LogP contribution >= 0.6 is 12.4 Å². The van der Waals surface area contributed by atoms with Gasteiger partial charge >= 0.3 is 6.09 Å². The van der Waals surface area contributed by atoms with Gasteiger partial charge in [0.2, 0.25) is 0 Å². The summed E-state index contributed by atoms with van der Waals surface area (Å²) in [6.07, 6.45) is 1.66. The van der Waals surface area contributed by atoms with E-state index in [1.54, 1.807) is 4.90 Å². The molecule has 19 heavy (non-hydrogen) atoms. The van der Waals surface area contributed by atoms with Crippen LogP contribution in [0.5, 0.6) is 0 Å². The molecule has 1 aromatic rings. The van der Waals surface area contributed by atoms with Gasteiger partial charge in [-0.3, -0.25) is 0 Å². The number of benzene rings is 1. The maximum atomic E-state index is 12.0. The minimum absolute atomic E-state index is 0. The van der Waals surface area contributed by atoms with Crippen molar-refractivity contribution in [3.63, 3.8) is 0 Å². The van der Waals surface area contributed by atoms with Crippen molar-refractivity contribution in [2.45, 2.75) is 38.5 Å². The first-order valence-electron chi connectivity index (χ1n) is 6.39. The number of rotatable bonds is 2. The first-order chi connectivity index (χ1) is 8.66. The van der Waals surface area contributed by atoms with Crippen molar-refractivity contribution in [2.24, 2.45) is 5.73 Å². The number of nitrogens with zero attached hydrogens (tertiary/aromatic N) is 1. The molecule has 0 bridgehead atoms. The Kier molecular flexibility index (Phi) is 6.12. The Bertz CT molecular complexity index is 400. The summed E-state index contributed by atoms with van der Waals surface area (Å²) in [6, 6.07) is 9.98. The van der Waals surface area contributed by atoms with Gasteiger partial charge in [-0.05, 0) is 25.3 Å². The molecule has 1 amide bonds. The second kappa shape index (κ2) is 7.36. The van der Waals surface area contributed by atoms with Crippen molar-refractivity contribution < 1.29 is 9.53 Å². The Morgan fingerprint density at radius 1 is 1.37 bits per heavy atom. The van der Waals surface area contributed by atoms with Crippen molar-refractivity contribution >= 4 is 18.5 Å². The van der Waals surface area contributed by atoms with Crippen LogP contribution in [0.1, 0.15) is 25.3 Å². The summed E-state index contributed by atoms with van der Waals surface area (Å²) in [4.78, 5) is 13.7. The van der Waals surface area contributed by atoms with Crippen LogP contribution in [0.25, 0.3) is 0 Å². The molecular formula is C14H21ClN2O2. The first kappa shape index (κ1) is 15.8. The Hall–Kier alpha value is -1.26. The lowest BCUT2D eigenvalue weighted by atomic mass is 10.0. The summed E-state index contributed by atoms with van der Waals surface area (Å²) in [6.45, 7) is 2.95. The highest BCUT2D eigenvalue weighted by atomic mass is 35.5. The van der Waals surface area contributed by atoms with Crippen molar-refractivity contribution in [2.75, 3.05) is 6.54 Å². The van der Waals surface area contributed by atoms with Gasteiger partial charge in [-0.15, -0.1) is 12.4 Å². The van der Waals surface area contributed by atoms with E-state index in [4.69, 9.17) is 10.5 Å². The molecule has 0 radical (unpaired) electrons. The second-order valence-electron chi connectivity index (χ2n) is 4.88. The molecule has 2 rings (SSSR count). The van der Waals surface area contributed by atoms with Gasteiger partial charge in [0.15, 0.2) is 0 Å². The topological polar surface area (TPSA) is 55.6 Å². The zero-order valence-corrected chi connectivity index (χ0v) is 11.9. The molecule has 0 aliphatic carbocycles. The monoisotopic (exact) mass is 284 g/mol. The van der Waals surface area contributed by atoms with Crippen molar-refractivity contribution in [1.29, 1.82) is 0 Å². The molecule has 0 unspecified atom stereocenters. The molecule has 2 N–H and O–H groups in total. The first-order valence-corrected chi connectivity index (χ1v) is 6.39. The number of hydrogen-bond acceptors (Lipinski definition) is 3. The van der Waals surface area contributed by atoms with Gasteiger partial charge in [0.1, 0.15) is 6.61 Å². The second-order valence-corrected chi connectivity index (χ2v) is 4.88. The predicted molar refractivity (Wildman–Crippen MR) is 77.3 cm³/mol. The number of nitrogens with two attached hydrogens (primary N) is 1. The summed E-state index contributed by atoms with van der Waals surface area (Å²) >= 11 is 0. The van der Waals surface area contributed by atoms with E-state index >= 15 is 0 Å². The summed E-state index contributed by atoms with van der Waals surface area (Å²) in [5, 5.41) is 0. The highest BCUT2D eigenvalue weighted by Gasteiger charge is 2.28. The van der Waals surface area contributed by atoms with Crippen LogP contribution in [0.15, 0.2) is 30.3 Å². The standard InChI is InChI=1S/C14H20N2O2.ClH/c1-11-7-8-13(15)9-16(11)14(17)18-10-12-5-3-2-4-6-12;/h2-6,11,13H,7-10,15H2,1H3;1H/t11-,13-;/m1./s1. The molecule has 1 fully saturated rings. The van der Waals surface area contributed by atoms with Crippen LogP contribution in [-0.4, -0.2) is 29.6 Å². The number of piperidine rings is 1. The third-order valence-corrected chi connectivity index (χ3v) is 3.36. The maximum Gasteiger partial charge on any atom is 0.410 e. The van der Waals surface area contributed by atoms with Crippen molar-refractivity contribution in [3.8, 4) is 0 Å². The molecule has 106 valence electrons. The van der Waals surface area contributed by atoms with Crippen LogP contribution in [-0.2, 0) is 11.3 Å². The minimum atomic E-state index is -0.262. The smallest absolute Gasteiger partial charge is 0.410 e. The average Bonchev–Trinajstić information content (AvgIpc) is 2.40. The lowest BCUT2D eigenvalue weighted by Gasteiger charge is -2.35. The van der Waals surface area contributed by atoms with Gasteiger partial charge in [0.05, 0.1) is 0 Å². The van der Waals surface area contributed by atoms with E-state index in [1.807, 2.05) is 37.3 Å². The quantitative estimate of drug-likeness (QED) is 0.908. The van der Waals surface area contributed by atoms with Gasteiger partial charge < -0.3 is 15.4 Å². The van der Waals surface area contributed by atoms with Crippen molar-refractivity contribution in [1.82, 2.24) is 4.90 Å². The number of halogens is 1.